The number of amides is 1. The Balaban J connectivity index is 1.44. The normalized spacial score (nSPS) is 18.8. The van der Waals surface area contributed by atoms with Gasteiger partial charge in [0.05, 0.1) is 18.8 Å². The molecular weight excluding hydrogens is 453 g/mol. The van der Waals surface area contributed by atoms with Crippen LogP contribution in [-0.2, 0) is 17.8 Å². The van der Waals surface area contributed by atoms with Crippen LogP contribution in [0.15, 0.2) is 97.1 Å². The topological polar surface area (TPSA) is 49.8 Å². The van der Waals surface area contributed by atoms with E-state index in [9.17, 15) is 14.3 Å². The zero-order valence-corrected chi connectivity index (χ0v) is 20.1. The van der Waals surface area contributed by atoms with Crippen molar-refractivity contribution in [1.29, 1.82) is 0 Å². The molecule has 36 heavy (non-hydrogen) atoms. The SMILES string of the molecule is O=C(O)N1CCC(c2ccc(F)cc2)CC1[C@@H](Cc1ccc2ccccc2c1)OCc1ccccc1. The molecule has 1 fully saturated rings. The van der Waals surface area contributed by atoms with Gasteiger partial charge in [-0.05, 0) is 58.4 Å². The van der Waals surface area contributed by atoms with E-state index in [2.05, 4.69) is 30.3 Å². The van der Waals surface area contributed by atoms with E-state index < -0.39 is 6.09 Å². The van der Waals surface area contributed by atoms with E-state index >= 15 is 0 Å². The van der Waals surface area contributed by atoms with E-state index in [0.29, 0.717) is 32.4 Å². The van der Waals surface area contributed by atoms with Crippen molar-refractivity contribution >= 4 is 16.9 Å². The Labute approximate surface area is 211 Å². The van der Waals surface area contributed by atoms with Gasteiger partial charge in [0.15, 0.2) is 0 Å². The third kappa shape index (κ3) is 5.58. The van der Waals surface area contributed by atoms with Gasteiger partial charge in [0.25, 0.3) is 0 Å². The summed E-state index contributed by atoms with van der Waals surface area (Å²) in [5.74, 6) is -0.121. The van der Waals surface area contributed by atoms with Gasteiger partial charge in [0.1, 0.15) is 5.82 Å². The fourth-order valence-corrected chi connectivity index (χ4v) is 5.31. The minimum atomic E-state index is -0.927. The first-order chi connectivity index (χ1) is 17.6. The standard InChI is InChI=1S/C31H30FNO3/c32-28-14-12-25(13-15-28)27-16-17-33(31(34)35)29(20-27)30(36-21-22-6-2-1-3-7-22)19-23-10-11-24-8-4-5-9-26(24)18-23/h1-15,18,27,29-30H,16-17,19-21H2,(H,34,35)/t27?,29?,30-/m1/s1. The Kier molecular flexibility index (Phi) is 7.28. The lowest BCUT2D eigenvalue weighted by atomic mass is 9.82. The summed E-state index contributed by atoms with van der Waals surface area (Å²) in [6.07, 6.45) is 0.679. The van der Waals surface area contributed by atoms with E-state index in [4.69, 9.17) is 4.74 Å². The van der Waals surface area contributed by atoms with Crippen LogP contribution in [0.4, 0.5) is 9.18 Å². The van der Waals surface area contributed by atoms with Crippen molar-refractivity contribution in [2.75, 3.05) is 6.54 Å². The van der Waals surface area contributed by atoms with Crippen LogP contribution in [-0.4, -0.2) is 34.8 Å². The number of carboxylic acid groups (broad SMARTS) is 1. The van der Waals surface area contributed by atoms with Gasteiger partial charge in [-0.25, -0.2) is 9.18 Å². The first kappa shape index (κ1) is 24.0. The van der Waals surface area contributed by atoms with Crippen molar-refractivity contribution in [2.45, 2.75) is 43.9 Å². The molecule has 0 spiro atoms. The summed E-state index contributed by atoms with van der Waals surface area (Å²) in [7, 11) is 0. The summed E-state index contributed by atoms with van der Waals surface area (Å²) in [5.41, 5.74) is 3.20. The molecule has 184 valence electrons. The zero-order valence-electron chi connectivity index (χ0n) is 20.1. The second-order valence-corrected chi connectivity index (χ2v) is 9.54. The van der Waals surface area contributed by atoms with Gasteiger partial charge >= 0.3 is 6.09 Å². The molecule has 5 heteroatoms. The van der Waals surface area contributed by atoms with Crippen LogP contribution in [0, 0.1) is 5.82 Å². The number of hydrogen-bond donors (Lipinski definition) is 1. The van der Waals surface area contributed by atoms with Crippen molar-refractivity contribution in [2.24, 2.45) is 0 Å². The number of benzene rings is 4. The molecule has 1 aliphatic rings. The third-order valence-electron chi connectivity index (χ3n) is 7.22. The van der Waals surface area contributed by atoms with Crippen molar-refractivity contribution in [3.63, 3.8) is 0 Å². The molecule has 5 rings (SSSR count). The first-order valence-electron chi connectivity index (χ1n) is 12.4. The number of fused-ring (bicyclic) bond motifs is 1. The predicted octanol–water partition coefficient (Wildman–Crippen LogP) is 7.03. The zero-order chi connectivity index (χ0) is 24.9. The highest BCUT2D eigenvalue weighted by atomic mass is 19.1. The molecule has 1 heterocycles. The van der Waals surface area contributed by atoms with Gasteiger partial charge in [-0.1, -0.05) is 84.9 Å². The fourth-order valence-electron chi connectivity index (χ4n) is 5.31. The summed E-state index contributed by atoms with van der Waals surface area (Å²) in [4.78, 5) is 13.8. The number of rotatable bonds is 7. The molecule has 0 bridgehead atoms. The lowest BCUT2D eigenvalue weighted by Gasteiger charge is -2.42. The quantitative estimate of drug-likeness (QED) is 0.307. The van der Waals surface area contributed by atoms with Crippen LogP contribution in [0.1, 0.15) is 35.4 Å². The Hall–Kier alpha value is -3.70. The van der Waals surface area contributed by atoms with E-state index in [1.54, 1.807) is 0 Å². The molecular formula is C31H30FNO3. The molecule has 0 saturated carbocycles. The maximum atomic E-state index is 13.5. The van der Waals surface area contributed by atoms with Crippen molar-refractivity contribution < 1.29 is 19.0 Å². The summed E-state index contributed by atoms with van der Waals surface area (Å²) in [6.45, 7) is 0.829. The smallest absolute Gasteiger partial charge is 0.407 e. The van der Waals surface area contributed by atoms with E-state index in [-0.39, 0.29) is 23.9 Å². The van der Waals surface area contributed by atoms with Crippen LogP contribution >= 0.6 is 0 Å². The van der Waals surface area contributed by atoms with Gasteiger partial charge in [-0.3, -0.25) is 0 Å². The first-order valence-corrected chi connectivity index (χ1v) is 12.4. The lowest BCUT2D eigenvalue weighted by molar-refractivity contribution is -0.0332. The van der Waals surface area contributed by atoms with Gasteiger partial charge < -0.3 is 14.7 Å². The predicted molar refractivity (Wildman–Crippen MR) is 140 cm³/mol. The molecule has 1 saturated heterocycles. The number of nitrogens with zero attached hydrogens (tertiary/aromatic N) is 1. The van der Waals surface area contributed by atoms with Crippen molar-refractivity contribution in [1.82, 2.24) is 4.90 Å². The van der Waals surface area contributed by atoms with Gasteiger partial charge in [-0.15, -0.1) is 0 Å². The third-order valence-corrected chi connectivity index (χ3v) is 7.22. The number of piperidine rings is 1. The van der Waals surface area contributed by atoms with E-state index in [0.717, 1.165) is 22.1 Å². The van der Waals surface area contributed by atoms with E-state index in [1.165, 1.54) is 22.4 Å². The van der Waals surface area contributed by atoms with Crippen LogP contribution in [0.25, 0.3) is 10.8 Å². The molecule has 1 amide bonds. The van der Waals surface area contributed by atoms with Crippen LogP contribution in [0.5, 0.6) is 0 Å². The molecule has 1 N–H and O–H groups in total. The molecule has 0 aliphatic carbocycles. The molecule has 4 aromatic carbocycles. The minimum absolute atomic E-state index is 0.144. The number of halogens is 1. The molecule has 2 unspecified atom stereocenters. The summed E-state index contributed by atoms with van der Waals surface area (Å²) < 4.78 is 20.0. The molecule has 0 radical (unpaired) electrons. The monoisotopic (exact) mass is 483 g/mol. The summed E-state index contributed by atoms with van der Waals surface area (Å²) in [5, 5.41) is 12.4. The second kappa shape index (κ2) is 10.9. The second-order valence-electron chi connectivity index (χ2n) is 9.54. The maximum Gasteiger partial charge on any atom is 0.407 e. The Bertz CT molecular complexity index is 1310. The molecule has 4 nitrogen and oxygen atoms in total. The Morgan fingerprint density at radius 2 is 1.64 bits per heavy atom. The number of ether oxygens (including phenoxy) is 1. The number of hydrogen-bond acceptors (Lipinski definition) is 2. The molecule has 3 atom stereocenters. The van der Waals surface area contributed by atoms with Gasteiger partial charge in [-0.2, -0.15) is 0 Å². The largest absolute Gasteiger partial charge is 0.465 e. The van der Waals surface area contributed by atoms with Gasteiger partial charge in [0, 0.05) is 13.0 Å². The lowest BCUT2D eigenvalue weighted by Crippen LogP contribution is -2.52. The van der Waals surface area contributed by atoms with Crippen LogP contribution in [0.3, 0.4) is 0 Å². The Morgan fingerprint density at radius 1 is 0.917 bits per heavy atom. The molecule has 4 aromatic rings. The highest BCUT2D eigenvalue weighted by molar-refractivity contribution is 5.83. The van der Waals surface area contributed by atoms with Gasteiger partial charge in [0.2, 0.25) is 0 Å². The maximum absolute atomic E-state index is 13.5. The number of likely N-dealkylation sites (tertiary alicyclic amines) is 1. The highest BCUT2D eigenvalue weighted by Crippen LogP contribution is 2.35. The average molecular weight is 484 g/mol. The Morgan fingerprint density at radius 3 is 2.39 bits per heavy atom. The summed E-state index contributed by atoms with van der Waals surface area (Å²) >= 11 is 0. The number of carbonyl (C=O) groups is 1. The van der Waals surface area contributed by atoms with Crippen molar-refractivity contribution in [3.8, 4) is 0 Å². The van der Waals surface area contributed by atoms with Crippen LogP contribution < -0.4 is 0 Å². The minimum Gasteiger partial charge on any atom is -0.465 e. The van der Waals surface area contributed by atoms with Crippen molar-refractivity contribution in [3.05, 3.63) is 120 Å². The van der Waals surface area contributed by atoms with E-state index in [1.807, 2.05) is 54.6 Å². The molecule has 1 aliphatic heterocycles. The molecule has 0 aromatic heterocycles. The van der Waals surface area contributed by atoms with Crippen LogP contribution in [0.2, 0.25) is 0 Å². The fraction of sp³-hybridized carbons (Fsp3) is 0.258. The summed E-state index contributed by atoms with van der Waals surface area (Å²) in [6, 6.07) is 30.8. The average Bonchev–Trinajstić information content (AvgIpc) is 2.91. The highest BCUT2D eigenvalue weighted by Gasteiger charge is 2.38.